The minimum atomic E-state index is -0.827. The van der Waals surface area contributed by atoms with Crippen molar-refractivity contribution in [3.63, 3.8) is 0 Å². The molecule has 0 radical (unpaired) electrons. The van der Waals surface area contributed by atoms with Crippen LogP contribution in [0, 0.1) is 0 Å². The van der Waals surface area contributed by atoms with Crippen LogP contribution in [0.1, 0.15) is 29.3 Å². The van der Waals surface area contributed by atoms with Gasteiger partial charge >= 0.3 is 5.97 Å². The van der Waals surface area contributed by atoms with E-state index in [2.05, 4.69) is 11.8 Å². The molecule has 0 atom stereocenters. The number of nitrogens with zero attached hydrogens (tertiary/aromatic N) is 1. The molecule has 0 amide bonds. The van der Waals surface area contributed by atoms with Gasteiger partial charge in [0, 0.05) is 13.1 Å². The Morgan fingerprint density at radius 2 is 2.33 bits per heavy atom. The van der Waals surface area contributed by atoms with Gasteiger partial charge in [0.2, 0.25) is 0 Å². The molecule has 1 aromatic rings. The Morgan fingerprint density at radius 3 is 3.00 bits per heavy atom. The van der Waals surface area contributed by atoms with E-state index in [0.29, 0.717) is 5.56 Å². The Balaban J connectivity index is 2.54. The van der Waals surface area contributed by atoms with Crippen molar-refractivity contribution >= 4 is 11.7 Å². The van der Waals surface area contributed by atoms with Crippen molar-refractivity contribution in [2.45, 2.75) is 19.8 Å². The fraction of sp³-hybridized carbons (Fsp3) is 0.417. The zero-order valence-corrected chi connectivity index (χ0v) is 8.86. The Morgan fingerprint density at radius 1 is 1.53 bits per heavy atom. The molecule has 0 saturated carbocycles. The number of aromatic carboxylic acids is 1. The lowest BCUT2D eigenvalue weighted by Crippen LogP contribution is -2.30. The summed E-state index contributed by atoms with van der Waals surface area (Å²) in [6, 6.07) is 5.56. The molecule has 0 unspecified atom stereocenters. The second-order valence-electron chi connectivity index (χ2n) is 3.80. The number of para-hydroxylation sites is 1. The average molecular weight is 205 g/mol. The lowest BCUT2D eigenvalue weighted by Gasteiger charge is -2.31. The van der Waals surface area contributed by atoms with Crippen molar-refractivity contribution < 1.29 is 9.90 Å². The maximum Gasteiger partial charge on any atom is 0.337 e. The van der Waals surface area contributed by atoms with Gasteiger partial charge in [-0.1, -0.05) is 12.1 Å². The van der Waals surface area contributed by atoms with Gasteiger partial charge in [0.25, 0.3) is 0 Å². The maximum atomic E-state index is 11.1. The Labute approximate surface area is 89.3 Å². The summed E-state index contributed by atoms with van der Waals surface area (Å²) in [5.74, 6) is -0.827. The number of carboxylic acid groups (broad SMARTS) is 1. The zero-order chi connectivity index (χ0) is 10.8. The second kappa shape index (κ2) is 3.93. The second-order valence-corrected chi connectivity index (χ2v) is 3.80. The fourth-order valence-corrected chi connectivity index (χ4v) is 2.23. The van der Waals surface area contributed by atoms with Crippen LogP contribution in [0.3, 0.4) is 0 Å². The first-order chi connectivity index (χ1) is 7.24. The molecule has 2 rings (SSSR count). The molecule has 15 heavy (non-hydrogen) atoms. The Kier molecular flexibility index (Phi) is 2.62. The van der Waals surface area contributed by atoms with Gasteiger partial charge in [0.15, 0.2) is 0 Å². The number of fused-ring (bicyclic) bond motifs is 1. The maximum absolute atomic E-state index is 11.1. The first-order valence-electron chi connectivity index (χ1n) is 5.34. The first kappa shape index (κ1) is 10.0. The minimum Gasteiger partial charge on any atom is -0.478 e. The number of hydrogen-bond donors (Lipinski definition) is 1. The summed E-state index contributed by atoms with van der Waals surface area (Å²) in [6.07, 6.45) is 2.11. The lowest BCUT2D eigenvalue weighted by molar-refractivity contribution is 0.0697. The van der Waals surface area contributed by atoms with Crippen molar-refractivity contribution in [2.24, 2.45) is 0 Å². The van der Waals surface area contributed by atoms with E-state index in [-0.39, 0.29) is 0 Å². The molecule has 0 saturated heterocycles. The molecule has 0 aromatic heterocycles. The molecule has 0 spiro atoms. The summed E-state index contributed by atoms with van der Waals surface area (Å²) < 4.78 is 0. The van der Waals surface area contributed by atoms with Crippen molar-refractivity contribution in [2.75, 3.05) is 18.0 Å². The van der Waals surface area contributed by atoms with Crippen LogP contribution in [-0.2, 0) is 6.42 Å². The average Bonchev–Trinajstić information content (AvgIpc) is 2.27. The van der Waals surface area contributed by atoms with Crippen LogP contribution in [0.25, 0.3) is 0 Å². The minimum absolute atomic E-state index is 0.439. The zero-order valence-electron chi connectivity index (χ0n) is 8.86. The number of aryl methyl sites for hydroxylation is 1. The molecule has 1 aliphatic heterocycles. The summed E-state index contributed by atoms with van der Waals surface area (Å²) in [7, 11) is 0. The number of hydrogen-bond acceptors (Lipinski definition) is 2. The van der Waals surface area contributed by atoms with Crippen LogP contribution in [0.2, 0.25) is 0 Å². The molecule has 0 bridgehead atoms. The van der Waals surface area contributed by atoms with Crippen molar-refractivity contribution in [1.82, 2.24) is 0 Å². The molecule has 3 heteroatoms. The van der Waals surface area contributed by atoms with Gasteiger partial charge in [0.05, 0.1) is 11.3 Å². The Bertz CT molecular complexity index is 387. The standard InChI is InChI=1S/C12H15NO2/c1-2-13-8-4-6-9-5-3-7-10(11(9)13)12(14)15/h3,5,7H,2,4,6,8H2,1H3,(H,14,15). The molecule has 1 heterocycles. The van der Waals surface area contributed by atoms with E-state index in [1.807, 2.05) is 12.1 Å². The molecule has 80 valence electrons. The quantitative estimate of drug-likeness (QED) is 0.804. The van der Waals surface area contributed by atoms with Gasteiger partial charge in [-0.3, -0.25) is 0 Å². The molecule has 0 aliphatic carbocycles. The lowest BCUT2D eigenvalue weighted by atomic mass is 9.98. The van der Waals surface area contributed by atoms with Crippen LogP contribution in [0.15, 0.2) is 18.2 Å². The van der Waals surface area contributed by atoms with Crippen molar-refractivity contribution in [1.29, 1.82) is 0 Å². The highest BCUT2D eigenvalue weighted by Gasteiger charge is 2.21. The molecule has 1 aliphatic rings. The molecule has 1 aromatic carbocycles. The molecular weight excluding hydrogens is 190 g/mol. The SMILES string of the molecule is CCN1CCCc2cccc(C(=O)O)c21. The van der Waals surface area contributed by atoms with Crippen LogP contribution < -0.4 is 4.90 Å². The largest absolute Gasteiger partial charge is 0.478 e. The third-order valence-corrected chi connectivity index (χ3v) is 2.92. The first-order valence-corrected chi connectivity index (χ1v) is 5.34. The van der Waals surface area contributed by atoms with Gasteiger partial charge in [-0.2, -0.15) is 0 Å². The fourth-order valence-electron chi connectivity index (χ4n) is 2.23. The topological polar surface area (TPSA) is 40.5 Å². The van der Waals surface area contributed by atoms with Crippen LogP contribution in [-0.4, -0.2) is 24.2 Å². The predicted octanol–water partition coefficient (Wildman–Crippen LogP) is 2.16. The van der Waals surface area contributed by atoms with E-state index in [4.69, 9.17) is 5.11 Å². The van der Waals surface area contributed by atoms with E-state index >= 15 is 0 Å². The van der Waals surface area contributed by atoms with E-state index < -0.39 is 5.97 Å². The highest BCUT2D eigenvalue weighted by atomic mass is 16.4. The van der Waals surface area contributed by atoms with Gasteiger partial charge in [-0.05, 0) is 31.4 Å². The van der Waals surface area contributed by atoms with Gasteiger partial charge < -0.3 is 10.0 Å². The van der Waals surface area contributed by atoms with Crippen LogP contribution >= 0.6 is 0 Å². The van der Waals surface area contributed by atoms with E-state index in [1.54, 1.807) is 6.07 Å². The number of benzene rings is 1. The van der Waals surface area contributed by atoms with E-state index in [1.165, 1.54) is 5.56 Å². The molecule has 3 nitrogen and oxygen atoms in total. The number of rotatable bonds is 2. The van der Waals surface area contributed by atoms with Gasteiger partial charge in [0.1, 0.15) is 0 Å². The van der Waals surface area contributed by atoms with E-state index in [0.717, 1.165) is 31.6 Å². The summed E-state index contributed by atoms with van der Waals surface area (Å²) in [4.78, 5) is 13.3. The molecule has 1 N–H and O–H groups in total. The number of carboxylic acids is 1. The van der Waals surface area contributed by atoms with Crippen molar-refractivity contribution in [3.8, 4) is 0 Å². The summed E-state index contributed by atoms with van der Waals surface area (Å²) in [6.45, 7) is 3.90. The van der Waals surface area contributed by atoms with Crippen LogP contribution in [0.4, 0.5) is 5.69 Å². The van der Waals surface area contributed by atoms with E-state index in [9.17, 15) is 4.79 Å². The molecular formula is C12H15NO2. The smallest absolute Gasteiger partial charge is 0.337 e. The summed E-state index contributed by atoms with van der Waals surface area (Å²) >= 11 is 0. The highest BCUT2D eigenvalue weighted by Crippen LogP contribution is 2.30. The number of anilines is 1. The normalized spacial score (nSPS) is 14.9. The van der Waals surface area contributed by atoms with Gasteiger partial charge in [-0.15, -0.1) is 0 Å². The highest BCUT2D eigenvalue weighted by molar-refractivity contribution is 5.95. The third-order valence-electron chi connectivity index (χ3n) is 2.92. The predicted molar refractivity (Wildman–Crippen MR) is 59.6 cm³/mol. The summed E-state index contributed by atoms with van der Waals surface area (Å²) in [5.41, 5.74) is 2.54. The summed E-state index contributed by atoms with van der Waals surface area (Å²) in [5, 5.41) is 9.13. The van der Waals surface area contributed by atoms with Crippen molar-refractivity contribution in [3.05, 3.63) is 29.3 Å². The van der Waals surface area contributed by atoms with Crippen LogP contribution in [0.5, 0.6) is 0 Å². The monoisotopic (exact) mass is 205 g/mol. The van der Waals surface area contributed by atoms with Gasteiger partial charge in [-0.25, -0.2) is 4.79 Å². The molecule has 0 fully saturated rings. The third kappa shape index (κ3) is 1.69. The number of carbonyl (C=O) groups is 1. The Hall–Kier alpha value is -1.51.